The molecular formula is C53H33N3. The van der Waals surface area contributed by atoms with Crippen molar-refractivity contribution >= 4 is 21.8 Å². The van der Waals surface area contributed by atoms with Gasteiger partial charge in [0.1, 0.15) is 0 Å². The van der Waals surface area contributed by atoms with E-state index in [2.05, 4.69) is 193 Å². The molecule has 2 aromatic heterocycles. The number of benzene rings is 8. The first-order chi connectivity index (χ1) is 27.8. The van der Waals surface area contributed by atoms with Crippen molar-refractivity contribution in [1.29, 1.82) is 0 Å². The minimum Gasteiger partial charge on any atom is -0.309 e. The van der Waals surface area contributed by atoms with Crippen LogP contribution in [0, 0.1) is 0 Å². The molecule has 0 unspecified atom stereocenters. The molecule has 1 aliphatic carbocycles. The SMILES string of the molecule is c1ccc(-c2cc(-c3ccccc3)nc(-c3cccc(-c4ccc5c(c4)c4cccc6c4n5-c4ccccc4C64c5ccccc5-c5ccccc54)c3)n2)cc1. The summed E-state index contributed by atoms with van der Waals surface area (Å²) in [5.41, 5.74) is 18.5. The Labute approximate surface area is 324 Å². The number of fused-ring (bicyclic) bond motifs is 12. The Balaban J connectivity index is 1.06. The Morgan fingerprint density at radius 2 is 0.893 bits per heavy atom. The highest BCUT2D eigenvalue weighted by atomic mass is 15.0. The number of nitrogens with zero attached hydrogens (tertiary/aromatic N) is 3. The zero-order chi connectivity index (χ0) is 36.8. The van der Waals surface area contributed by atoms with Crippen LogP contribution in [0.5, 0.6) is 0 Å². The maximum absolute atomic E-state index is 5.13. The summed E-state index contributed by atoms with van der Waals surface area (Å²) in [6.45, 7) is 0. The van der Waals surface area contributed by atoms with Crippen LogP contribution in [-0.2, 0) is 5.41 Å². The first-order valence-electron chi connectivity index (χ1n) is 19.2. The first-order valence-corrected chi connectivity index (χ1v) is 19.2. The van der Waals surface area contributed by atoms with Crippen LogP contribution >= 0.6 is 0 Å². The molecule has 10 aromatic rings. The summed E-state index contributed by atoms with van der Waals surface area (Å²) < 4.78 is 2.51. The predicted octanol–water partition coefficient (Wildman–Crippen LogP) is 12.9. The van der Waals surface area contributed by atoms with Crippen LogP contribution in [0.25, 0.3) is 83.6 Å². The highest BCUT2D eigenvalue weighted by Crippen LogP contribution is 2.60. The third kappa shape index (κ3) is 4.28. The number of aromatic nitrogens is 3. The smallest absolute Gasteiger partial charge is 0.160 e. The lowest BCUT2D eigenvalue weighted by molar-refractivity contribution is 0.748. The van der Waals surface area contributed by atoms with Gasteiger partial charge in [-0.15, -0.1) is 0 Å². The molecule has 1 spiro atoms. The van der Waals surface area contributed by atoms with E-state index in [1.807, 2.05) is 12.1 Å². The summed E-state index contributed by atoms with van der Waals surface area (Å²) in [5.74, 6) is 0.708. The molecule has 12 rings (SSSR count). The van der Waals surface area contributed by atoms with Gasteiger partial charge in [-0.3, -0.25) is 0 Å². The Morgan fingerprint density at radius 3 is 1.59 bits per heavy atom. The fraction of sp³-hybridized carbons (Fsp3) is 0.0189. The molecule has 3 nitrogen and oxygen atoms in total. The summed E-state index contributed by atoms with van der Waals surface area (Å²) >= 11 is 0. The van der Waals surface area contributed by atoms with Crippen molar-refractivity contribution in [2.45, 2.75) is 5.41 Å². The van der Waals surface area contributed by atoms with Gasteiger partial charge >= 0.3 is 0 Å². The van der Waals surface area contributed by atoms with Gasteiger partial charge in [0.2, 0.25) is 0 Å². The molecule has 8 aromatic carbocycles. The van der Waals surface area contributed by atoms with Crippen molar-refractivity contribution in [3.05, 3.63) is 222 Å². The normalized spacial score (nSPS) is 13.1. The van der Waals surface area contributed by atoms with Crippen LogP contribution in [0.2, 0.25) is 0 Å². The third-order valence-electron chi connectivity index (χ3n) is 12.0. The summed E-state index contributed by atoms with van der Waals surface area (Å²) in [5, 5.41) is 2.50. The van der Waals surface area contributed by atoms with Gasteiger partial charge in [-0.05, 0) is 74.8 Å². The van der Waals surface area contributed by atoms with Gasteiger partial charge in [-0.1, -0.05) is 170 Å². The van der Waals surface area contributed by atoms with Crippen LogP contribution in [0.4, 0.5) is 0 Å². The average molecular weight is 712 g/mol. The van der Waals surface area contributed by atoms with Crippen LogP contribution in [-0.4, -0.2) is 14.5 Å². The predicted molar refractivity (Wildman–Crippen MR) is 229 cm³/mol. The van der Waals surface area contributed by atoms with Crippen LogP contribution < -0.4 is 0 Å². The molecule has 0 radical (unpaired) electrons. The molecule has 0 N–H and O–H groups in total. The molecule has 2 aliphatic rings. The lowest BCUT2D eigenvalue weighted by Crippen LogP contribution is -2.33. The molecule has 56 heavy (non-hydrogen) atoms. The highest BCUT2D eigenvalue weighted by Gasteiger charge is 2.50. The lowest BCUT2D eigenvalue weighted by Gasteiger charge is -2.39. The zero-order valence-electron chi connectivity index (χ0n) is 30.4. The summed E-state index contributed by atoms with van der Waals surface area (Å²) in [6.07, 6.45) is 0. The van der Waals surface area contributed by atoms with Crippen LogP contribution in [0.1, 0.15) is 22.3 Å². The molecule has 0 bridgehead atoms. The molecule has 0 saturated heterocycles. The van der Waals surface area contributed by atoms with Crippen LogP contribution in [0.15, 0.2) is 200 Å². The molecule has 3 heteroatoms. The van der Waals surface area contributed by atoms with E-state index in [0.717, 1.165) is 39.2 Å². The molecule has 0 atom stereocenters. The number of para-hydroxylation sites is 2. The van der Waals surface area contributed by atoms with Crippen molar-refractivity contribution in [3.63, 3.8) is 0 Å². The van der Waals surface area contributed by atoms with Crippen molar-refractivity contribution in [1.82, 2.24) is 14.5 Å². The number of hydrogen-bond acceptors (Lipinski definition) is 2. The Hall–Kier alpha value is -7.36. The third-order valence-corrected chi connectivity index (χ3v) is 12.0. The second kappa shape index (κ2) is 11.8. The minimum absolute atomic E-state index is 0.419. The second-order valence-corrected chi connectivity index (χ2v) is 14.9. The van der Waals surface area contributed by atoms with E-state index < -0.39 is 5.41 Å². The Bertz CT molecular complexity index is 3090. The highest BCUT2D eigenvalue weighted by molar-refractivity contribution is 6.13. The van der Waals surface area contributed by atoms with E-state index in [0.29, 0.717) is 5.82 Å². The van der Waals surface area contributed by atoms with Gasteiger partial charge < -0.3 is 4.57 Å². The average Bonchev–Trinajstić information content (AvgIpc) is 3.77. The zero-order valence-corrected chi connectivity index (χ0v) is 30.4. The van der Waals surface area contributed by atoms with E-state index in [1.54, 1.807) is 0 Å². The first kappa shape index (κ1) is 31.0. The van der Waals surface area contributed by atoms with E-state index in [-0.39, 0.29) is 0 Å². The van der Waals surface area contributed by atoms with E-state index in [9.17, 15) is 0 Å². The molecule has 3 heterocycles. The monoisotopic (exact) mass is 711 g/mol. The minimum atomic E-state index is -0.419. The van der Waals surface area contributed by atoms with E-state index in [4.69, 9.17) is 9.97 Å². The van der Waals surface area contributed by atoms with Crippen molar-refractivity contribution < 1.29 is 0 Å². The molecule has 1 aliphatic heterocycles. The van der Waals surface area contributed by atoms with E-state index >= 15 is 0 Å². The Morgan fingerprint density at radius 1 is 0.357 bits per heavy atom. The quantitative estimate of drug-likeness (QED) is 0.182. The van der Waals surface area contributed by atoms with Gasteiger partial charge in [0.15, 0.2) is 5.82 Å². The molecule has 260 valence electrons. The fourth-order valence-electron chi connectivity index (χ4n) is 9.68. The van der Waals surface area contributed by atoms with Crippen LogP contribution in [0.3, 0.4) is 0 Å². The second-order valence-electron chi connectivity index (χ2n) is 14.9. The number of hydrogen-bond donors (Lipinski definition) is 0. The van der Waals surface area contributed by atoms with Gasteiger partial charge in [-0.25, -0.2) is 9.97 Å². The van der Waals surface area contributed by atoms with Crippen molar-refractivity contribution in [2.24, 2.45) is 0 Å². The fourth-order valence-corrected chi connectivity index (χ4v) is 9.68. The largest absolute Gasteiger partial charge is 0.309 e. The summed E-state index contributed by atoms with van der Waals surface area (Å²) in [6, 6.07) is 72.4. The maximum atomic E-state index is 5.13. The van der Waals surface area contributed by atoms with Gasteiger partial charge in [0.25, 0.3) is 0 Å². The molecule has 0 fully saturated rings. The lowest BCUT2D eigenvalue weighted by atomic mass is 9.65. The molecule has 0 amide bonds. The van der Waals surface area contributed by atoms with Gasteiger partial charge in [0.05, 0.1) is 33.5 Å². The molecular weight excluding hydrogens is 679 g/mol. The van der Waals surface area contributed by atoms with Crippen molar-refractivity contribution in [2.75, 3.05) is 0 Å². The van der Waals surface area contributed by atoms with Gasteiger partial charge in [-0.2, -0.15) is 0 Å². The van der Waals surface area contributed by atoms with Crippen molar-refractivity contribution in [3.8, 4) is 61.8 Å². The Kier molecular flexibility index (Phi) is 6.55. The number of rotatable bonds is 4. The standard InChI is InChI=1S/C53H33N3/c1-3-15-34(16-4-1)47-33-48(35-17-5-2-6-18-35)55-52(54-47)38-20-13-19-36(31-38)37-29-30-49-42(32-37)41-23-14-27-46-51(41)56(49)50-28-12-11-26-45(50)53(46)43-24-9-7-21-39(43)40-22-8-10-25-44(40)53/h1-33H. The molecule has 0 saturated carbocycles. The summed E-state index contributed by atoms with van der Waals surface area (Å²) in [7, 11) is 0. The topological polar surface area (TPSA) is 30.7 Å². The van der Waals surface area contributed by atoms with E-state index in [1.165, 1.54) is 60.9 Å². The summed E-state index contributed by atoms with van der Waals surface area (Å²) in [4.78, 5) is 10.3. The maximum Gasteiger partial charge on any atom is 0.160 e. The van der Waals surface area contributed by atoms with Gasteiger partial charge in [0, 0.05) is 27.5 Å².